The largest absolute Gasteiger partial charge is 0.490 e. The van der Waals surface area contributed by atoms with Gasteiger partial charge in [0.1, 0.15) is 24.7 Å². The van der Waals surface area contributed by atoms with E-state index in [9.17, 15) is 0 Å². The zero-order valence-electron chi connectivity index (χ0n) is 10.4. The third-order valence-electron chi connectivity index (χ3n) is 2.42. The van der Waals surface area contributed by atoms with Gasteiger partial charge in [-0.1, -0.05) is 6.07 Å². The third kappa shape index (κ3) is 4.79. The maximum atomic E-state index is 5.80. The van der Waals surface area contributed by atoms with Crippen LogP contribution in [0.3, 0.4) is 0 Å². The van der Waals surface area contributed by atoms with E-state index >= 15 is 0 Å². The van der Waals surface area contributed by atoms with Gasteiger partial charge in [-0.2, -0.15) is 0 Å². The van der Waals surface area contributed by atoms with Crippen LogP contribution in [0.4, 0.5) is 5.69 Å². The van der Waals surface area contributed by atoms with Crippen LogP contribution in [0, 0.1) is 10.7 Å². The summed E-state index contributed by atoms with van der Waals surface area (Å²) in [7, 11) is 0. The predicted octanol–water partition coefficient (Wildman–Crippen LogP) is 4.54. The fourth-order valence-corrected chi connectivity index (χ4v) is 5.47. The summed E-state index contributed by atoms with van der Waals surface area (Å²) in [6.07, 6.45) is 0. The predicted molar refractivity (Wildman–Crippen MR) is 106 cm³/mol. The zero-order chi connectivity index (χ0) is 14.5. The molecule has 0 radical (unpaired) electrons. The van der Waals surface area contributed by atoms with Crippen molar-refractivity contribution >= 4 is 73.5 Å². The molecule has 0 saturated heterocycles. The monoisotopic (exact) mass is 607 g/mol. The molecule has 0 bridgehead atoms. The summed E-state index contributed by atoms with van der Waals surface area (Å²) in [4.78, 5) is 0. The van der Waals surface area contributed by atoms with Gasteiger partial charge in [-0.3, -0.25) is 0 Å². The molecule has 2 aromatic carbocycles. The Morgan fingerprint density at radius 3 is 2.20 bits per heavy atom. The minimum Gasteiger partial charge on any atom is -0.490 e. The highest BCUT2D eigenvalue weighted by Crippen LogP contribution is 2.29. The maximum absolute atomic E-state index is 5.80. The average molecular weight is 607 g/mol. The van der Waals surface area contributed by atoms with Gasteiger partial charge in [0.2, 0.25) is 0 Å². The van der Waals surface area contributed by atoms with Crippen molar-refractivity contribution in [1.82, 2.24) is 0 Å². The first-order valence-electron chi connectivity index (χ1n) is 5.82. The molecule has 0 aliphatic heterocycles. The molecular formula is C14H12I3NO2. The SMILES string of the molecule is Nc1cccc(OCCOc2c(I)cc(I)cc2I)c1. The molecule has 0 amide bonds. The van der Waals surface area contributed by atoms with Gasteiger partial charge in [-0.25, -0.2) is 0 Å². The van der Waals surface area contributed by atoms with Crippen molar-refractivity contribution in [3.8, 4) is 11.5 Å². The highest BCUT2D eigenvalue weighted by atomic mass is 127. The highest BCUT2D eigenvalue weighted by Gasteiger charge is 2.08. The molecule has 0 fully saturated rings. The van der Waals surface area contributed by atoms with E-state index in [1.165, 1.54) is 3.57 Å². The van der Waals surface area contributed by atoms with Crippen molar-refractivity contribution in [2.45, 2.75) is 0 Å². The smallest absolute Gasteiger partial charge is 0.146 e. The molecular weight excluding hydrogens is 595 g/mol. The van der Waals surface area contributed by atoms with Gasteiger partial charge in [0.25, 0.3) is 0 Å². The first kappa shape index (κ1) is 16.4. The molecule has 2 rings (SSSR count). The summed E-state index contributed by atoms with van der Waals surface area (Å²) in [5.41, 5.74) is 6.39. The van der Waals surface area contributed by atoms with Crippen molar-refractivity contribution in [3.63, 3.8) is 0 Å². The van der Waals surface area contributed by atoms with Gasteiger partial charge in [0.05, 0.1) is 7.14 Å². The lowest BCUT2D eigenvalue weighted by Crippen LogP contribution is -2.10. The summed E-state index contributed by atoms with van der Waals surface area (Å²) in [5, 5.41) is 0. The topological polar surface area (TPSA) is 44.5 Å². The summed E-state index contributed by atoms with van der Waals surface area (Å²) < 4.78 is 14.8. The molecule has 0 saturated carbocycles. The Morgan fingerprint density at radius 1 is 0.900 bits per heavy atom. The van der Waals surface area contributed by atoms with E-state index in [1.54, 1.807) is 6.07 Å². The van der Waals surface area contributed by atoms with Gasteiger partial charge < -0.3 is 15.2 Å². The van der Waals surface area contributed by atoms with Crippen LogP contribution in [0.15, 0.2) is 36.4 Å². The molecule has 0 atom stereocenters. The van der Waals surface area contributed by atoms with E-state index in [2.05, 4.69) is 79.9 Å². The van der Waals surface area contributed by atoms with E-state index in [0.717, 1.165) is 18.6 Å². The van der Waals surface area contributed by atoms with Gasteiger partial charge in [-0.05, 0) is 92.0 Å². The molecule has 3 nitrogen and oxygen atoms in total. The standard InChI is InChI=1S/C14H12I3NO2/c15-9-6-12(16)14(13(17)7-9)20-5-4-19-11-3-1-2-10(18)8-11/h1-3,6-8H,4-5,18H2. The number of ether oxygens (including phenoxy) is 2. The molecule has 0 aliphatic rings. The van der Waals surface area contributed by atoms with Crippen LogP contribution >= 0.6 is 67.8 Å². The van der Waals surface area contributed by atoms with E-state index in [1.807, 2.05) is 18.2 Å². The van der Waals surface area contributed by atoms with Crippen LogP contribution in [-0.4, -0.2) is 13.2 Å². The Morgan fingerprint density at radius 2 is 1.55 bits per heavy atom. The third-order valence-corrected chi connectivity index (χ3v) is 4.65. The number of hydrogen-bond donors (Lipinski definition) is 1. The number of benzene rings is 2. The zero-order valence-corrected chi connectivity index (χ0v) is 16.9. The Balaban J connectivity index is 1.88. The van der Waals surface area contributed by atoms with Crippen LogP contribution in [0.1, 0.15) is 0 Å². The van der Waals surface area contributed by atoms with Crippen LogP contribution < -0.4 is 15.2 Å². The van der Waals surface area contributed by atoms with E-state index < -0.39 is 0 Å². The van der Waals surface area contributed by atoms with Crippen LogP contribution in [-0.2, 0) is 0 Å². The summed E-state index contributed by atoms with van der Waals surface area (Å²) in [6.45, 7) is 0.989. The number of anilines is 1. The second-order valence-electron chi connectivity index (χ2n) is 3.97. The average Bonchev–Trinajstić information content (AvgIpc) is 2.36. The first-order chi connectivity index (χ1) is 9.56. The molecule has 2 aromatic rings. The van der Waals surface area contributed by atoms with Crippen molar-refractivity contribution in [2.75, 3.05) is 18.9 Å². The Hall–Kier alpha value is 0.0300. The number of nitrogen functional groups attached to an aromatic ring is 1. The summed E-state index contributed by atoms with van der Waals surface area (Å²) in [6, 6.07) is 11.6. The quantitative estimate of drug-likeness (QED) is 0.309. The molecule has 0 spiro atoms. The van der Waals surface area contributed by atoms with Crippen molar-refractivity contribution in [1.29, 1.82) is 0 Å². The molecule has 106 valence electrons. The maximum Gasteiger partial charge on any atom is 0.146 e. The molecule has 0 unspecified atom stereocenters. The summed E-state index contributed by atoms with van der Waals surface area (Å²) >= 11 is 6.88. The number of rotatable bonds is 5. The number of hydrogen-bond acceptors (Lipinski definition) is 3. The molecule has 6 heteroatoms. The fourth-order valence-electron chi connectivity index (χ4n) is 1.57. The Labute approximate surface area is 159 Å². The second-order valence-corrected chi connectivity index (χ2v) is 7.54. The van der Waals surface area contributed by atoms with Crippen molar-refractivity contribution in [2.24, 2.45) is 0 Å². The van der Waals surface area contributed by atoms with E-state index in [0.29, 0.717) is 18.9 Å². The molecule has 20 heavy (non-hydrogen) atoms. The molecule has 0 heterocycles. The van der Waals surface area contributed by atoms with Gasteiger partial charge in [-0.15, -0.1) is 0 Å². The summed E-state index contributed by atoms with van der Waals surface area (Å²) in [5.74, 6) is 1.68. The van der Waals surface area contributed by atoms with E-state index in [4.69, 9.17) is 15.2 Å². The lowest BCUT2D eigenvalue weighted by Gasteiger charge is -2.12. The lowest BCUT2D eigenvalue weighted by molar-refractivity contribution is 0.215. The Kier molecular flexibility index (Phi) is 6.46. The molecule has 0 aromatic heterocycles. The van der Waals surface area contributed by atoms with Gasteiger partial charge in [0, 0.05) is 15.3 Å². The second kappa shape index (κ2) is 7.87. The van der Waals surface area contributed by atoms with Crippen molar-refractivity contribution in [3.05, 3.63) is 47.1 Å². The van der Waals surface area contributed by atoms with E-state index in [-0.39, 0.29) is 0 Å². The number of halogens is 3. The first-order valence-corrected chi connectivity index (χ1v) is 9.05. The lowest BCUT2D eigenvalue weighted by atomic mass is 10.3. The highest BCUT2D eigenvalue weighted by molar-refractivity contribution is 14.1. The number of nitrogens with two attached hydrogens (primary N) is 1. The van der Waals surface area contributed by atoms with Gasteiger partial charge >= 0.3 is 0 Å². The van der Waals surface area contributed by atoms with Crippen LogP contribution in [0.5, 0.6) is 11.5 Å². The Bertz CT molecular complexity index is 582. The van der Waals surface area contributed by atoms with Gasteiger partial charge in [0.15, 0.2) is 0 Å². The van der Waals surface area contributed by atoms with Crippen molar-refractivity contribution < 1.29 is 9.47 Å². The minimum atomic E-state index is 0.488. The van der Waals surface area contributed by atoms with Crippen LogP contribution in [0.25, 0.3) is 0 Å². The van der Waals surface area contributed by atoms with Crippen LogP contribution in [0.2, 0.25) is 0 Å². The minimum absolute atomic E-state index is 0.488. The fraction of sp³-hybridized carbons (Fsp3) is 0.143. The normalized spacial score (nSPS) is 10.3. The molecule has 2 N–H and O–H groups in total. The molecule has 0 aliphatic carbocycles.